The van der Waals surface area contributed by atoms with Crippen LogP contribution in [0.3, 0.4) is 0 Å². The zero-order chi connectivity index (χ0) is 11.8. The minimum atomic E-state index is 0.319. The lowest BCUT2D eigenvalue weighted by molar-refractivity contribution is 0.283. The topological polar surface area (TPSA) is 32.3 Å². The highest BCUT2D eigenvalue weighted by molar-refractivity contribution is 9.10. The number of anilines is 1. The SMILES string of the molecule is Cc1cc(NCCCCCCO)ccc1Br. The van der Waals surface area contributed by atoms with Crippen LogP contribution in [0.1, 0.15) is 31.2 Å². The molecule has 2 nitrogen and oxygen atoms in total. The number of nitrogens with one attached hydrogen (secondary N) is 1. The second-order valence-corrected chi connectivity index (χ2v) is 4.88. The highest BCUT2D eigenvalue weighted by Gasteiger charge is 1.96. The highest BCUT2D eigenvalue weighted by Crippen LogP contribution is 2.19. The van der Waals surface area contributed by atoms with Crippen molar-refractivity contribution in [3.8, 4) is 0 Å². The number of unbranched alkanes of at least 4 members (excludes halogenated alkanes) is 3. The molecule has 0 aromatic heterocycles. The van der Waals surface area contributed by atoms with Gasteiger partial charge in [0.1, 0.15) is 0 Å². The van der Waals surface area contributed by atoms with E-state index in [1.165, 1.54) is 17.7 Å². The van der Waals surface area contributed by atoms with Crippen molar-refractivity contribution in [3.05, 3.63) is 28.2 Å². The van der Waals surface area contributed by atoms with E-state index >= 15 is 0 Å². The quantitative estimate of drug-likeness (QED) is 0.749. The molecule has 90 valence electrons. The van der Waals surface area contributed by atoms with E-state index in [2.05, 4.69) is 46.4 Å². The number of hydrogen-bond acceptors (Lipinski definition) is 2. The van der Waals surface area contributed by atoms with Crippen molar-refractivity contribution in [3.63, 3.8) is 0 Å². The van der Waals surface area contributed by atoms with Crippen molar-refractivity contribution < 1.29 is 5.11 Å². The average molecular weight is 286 g/mol. The summed E-state index contributed by atoms with van der Waals surface area (Å²) in [5.74, 6) is 0. The van der Waals surface area contributed by atoms with Gasteiger partial charge in [-0.2, -0.15) is 0 Å². The summed E-state index contributed by atoms with van der Waals surface area (Å²) in [6, 6.07) is 6.31. The van der Waals surface area contributed by atoms with Crippen LogP contribution >= 0.6 is 15.9 Å². The predicted octanol–water partition coefficient (Wildman–Crippen LogP) is 3.72. The Labute approximate surface area is 106 Å². The summed E-state index contributed by atoms with van der Waals surface area (Å²) < 4.78 is 1.15. The van der Waals surface area contributed by atoms with Crippen molar-refractivity contribution >= 4 is 21.6 Å². The Bertz CT molecular complexity index is 315. The van der Waals surface area contributed by atoms with Gasteiger partial charge < -0.3 is 10.4 Å². The van der Waals surface area contributed by atoms with Gasteiger partial charge >= 0.3 is 0 Å². The van der Waals surface area contributed by atoms with Crippen molar-refractivity contribution in [2.75, 3.05) is 18.5 Å². The van der Waals surface area contributed by atoms with Crippen LogP contribution in [0.15, 0.2) is 22.7 Å². The first-order valence-corrected chi connectivity index (χ1v) is 6.64. The monoisotopic (exact) mass is 285 g/mol. The fraction of sp³-hybridized carbons (Fsp3) is 0.538. The first-order chi connectivity index (χ1) is 7.74. The van der Waals surface area contributed by atoms with Crippen LogP contribution < -0.4 is 5.32 Å². The lowest BCUT2D eigenvalue weighted by atomic mass is 10.2. The molecule has 0 fully saturated rings. The maximum atomic E-state index is 8.64. The summed E-state index contributed by atoms with van der Waals surface area (Å²) in [5, 5.41) is 12.0. The third-order valence-electron chi connectivity index (χ3n) is 2.57. The van der Waals surface area contributed by atoms with Crippen LogP contribution in [0.4, 0.5) is 5.69 Å². The Balaban J connectivity index is 2.19. The van der Waals surface area contributed by atoms with E-state index in [1.807, 2.05) is 0 Å². The normalized spacial score (nSPS) is 10.4. The van der Waals surface area contributed by atoms with Gasteiger partial charge in [0, 0.05) is 23.3 Å². The molecule has 0 aliphatic carbocycles. The summed E-state index contributed by atoms with van der Waals surface area (Å²) >= 11 is 3.49. The maximum absolute atomic E-state index is 8.64. The van der Waals surface area contributed by atoms with Crippen LogP contribution in [-0.4, -0.2) is 18.3 Å². The first-order valence-electron chi connectivity index (χ1n) is 5.85. The molecule has 0 spiro atoms. The molecule has 1 aromatic rings. The Morgan fingerprint density at radius 1 is 1.19 bits per heavy atom. The van der Waals surface area contributed by atoms with Gasteiger partial charge in [-0.05, 0) is 43.5 Å². The summed E-state index contributed by atoms with van der Waals surface area (Å²) in [4.78, 5) is 0. The molecule has 0 atom stereocenters. The molecule has 0 aliphatic heterocycles. The van der Waals surface area contributed by atoms with E-state index in [1.54, 1.807) is 0 Å². The molecule has 0 heterocycles. The highest BCUT2D eigenvalue weighted by atomic mass is 79.9. The zero-order valence-electron chi connectivity index (χ0n) is 9.80. The van der Waals surface area contributed by atoms with Gasteiger partial charge in [-0.3, -0.25) is 0 Å². The van der Waals surface area contributed by atoms with Gasteiger partial charge in [-0.25, -0.2) is 0 Å². The largest absolute Gasteiger partial charge is 0.396 e. The number of halogens is 1. The van der Waals surface area contributed by atoms with E-state index in [4.69, 9.17) is 5.11 Å². The maximum Gasteiger partial charge on any atom is 0.0431 e. The van der Waals surface area contributed by atoms with E-state index in [-0.39, 0.29) is 0 Å². The summed E-state index contributed by atoms with van der Waals surface area (Å²) in [7, 11) is 0. The Kier molecular flexibility index (Phi) is 6.50. The molecule has 2 N–H and O–H groups in total. The van der Waals surface area contributed by atoms with Gasteiger partial charge in [-0.15, -0.1) is 0 Å². The van der Waals surface area contributed by atoms with Crippen LogP contribution in [0, 0.1) is 6.92 Å². The zero-order valence-corrected chi connectivity index (χ0v) is 11.4. The Morgan fingerprint density at radius 3 is 2.62 bits per heavy atom. The molecule has 0 radical (unpaired) electrons. The molecule has 0 unspecified atom stereocenters. The standard InChI is InChI=1S/C13H20BrNO/c1-11-10-12(6-7-13(11)14)15-8-4-2-3-5-9-16/h6-7,10,15-16H,2-5,8-9H2,1H3. The van der Waals surface area contributed by atoms with Gasteiger partial charge in [0.2, 0.25) is 0 Å². The van der Waals surface area contributed by atoms with Crippen LogP contribution in [0.2, 0.25) is 0 Å². The van der Waals surface area contributed by atoms with E-state index in [0.717, 1.165) is 30.3 Å². The first kappa shape index (κ1) is 13.5. The molecule has 0 saturated carbocycles. The summed E-state index contributed by atoms with van der Waals surface area (Å²) in [6.07, 6.45) is 4.40. The molecule has 16 heavy (non-hydrogen) atoms. The number of aliphatic hydroxyl groups excluding tert-OH is 1. The number of benzene rings is 1. The van der Waals surface area contributed by atoms with Gasteiger partial charge in [-0.1, -0.05) is 28.8 Å². The van der Waals surface area contributed by atoms with Crippen molar-refractivity contribution in [2.24, 2.45) is 0 Å². The lowest BCUT2D eigenvalue weighted by Crippen LogP contribution is -2.01. The number of aryl methyl sites for hydroxylation is 1. The fourth-order valence-corrected chi connectivity index (χ4v) is 1.82. The smallest absolute Gasteiger partial charge is 0.0431 e. The van der Waals surface area contributed by atoms with Crippen molar-refractivity contribution in [2.45, 2.75) is 32.6 Å². The van der Waals surface area contributed by atoms with Crippen molar-refractivity contribution in [1.29, 1.82) is 0 Å². The third-order valence-corrected chi connectivity index (χ3v) is 3.46. The van der Waals surface area contributed by atoms with Gasteiger partial charge in [0.25, 0.3) is 0 Å². The number of rotatable bonds is 7. The van der Waals surface area contributed by atoms with E-state index in [9.17, 15) is 0 Å². The average Bonchev–Trinajstić information content (AvgIpc) is 2.28. The second-order valence-electron chi connectivity index (χ2n) is 4.03. The van der Waals surface area contributed by atoms with Gasteiger partial charge in [0.15, 0.2) is 0 Å². The molecule has 0 amide bonds. The van der Waals surface area contributed by atoms with Crippen molar-refractivity contribution in [1.82, 2.24) is 0 Å². The molecule has 1 aromatic carbocycles. The summed E-state index contributed by atoms with van der Waals surface area (Å²) in [5.41, 5.74) is 2.44. The molecule has 0 saturated heterocycles. The molecular weight excluding hydrogens is 266 g/mol. The summed E-state index contributed by atoms with van der Waals surface area (Å²) in [6.45, 7) is 3.42. The van der Waals surface area contributed by atoms with Gasteiger partial charge in [0.05, 0.1) is 0 Å². The molecular formula is C13H20BrNO. The Hall–Kier alpha value is -0.540. The minimum absolute atomic E-state index is 0.319. The number of aliphatic hydroxyl groups is 1. The predicted molar refractivity (Wildman–Crippen MR) is 72.9 cm³/mol. The second kappa shape index (κ2) is 7.69. The minimum Gasteiger partial charge on any atom is -0.396 e. The third kappa shape index (κ3) is 4.99. The number of hydrogen-bond donors (Lipinski definition) is 2. The molecule has 3 heteroatoms. The van der Waals surface area contributed by atoms with Crippen LogP contribution in [0.5, 0.6) is 0 Å². The fourth-order valence-electron chi connectivity index (χ4n) is 1.58. The molecule has 0 aliphatic rings. The Morgan fingerprint density at radius 2 is 1.94 bits per heavy atom. The molecule has 1 rings (SSSR count). The lowest BCUT2D eigenvalue weighted by Gasteiger charge is -2.07. The molecule has 0 bridgehead atoms. The van der Waals surface area contributed by atoms with Crippen LogP contribution in [0.25, 0.3) is 0 Å². The van der Waals surface area contributed by atoms with E-state index in [0.29, 0.717) is 6.61 Å². The van der Waals surface area contributed by atoms with E-state index < -0.39 is 0 Å². The van der Waals surface area contributed by atoms with Crippen LogP contribution in [-0.2, 0) is 0 Å².